The molecule has 38 heavy (non-hydrogen) atoms. The highest BCUT2D eigenvalue weighted by Gasteiger charge is 2.18. The molecule has 0 unspecified atom stereocenters. The summed E-state index contributed by atoms with van der Waals surface area (Å²) in [6.45, 7) is 0.663. The number of carbonyl (C=O) groups is 1. The molecule has 1 N–H and O–H groups in total. The van der Waals surface area contributed by atoms with E-state index in [-0.39, 0.29) is 12.7 Å². The molecular weight excluding hydrogens is 482 g/mol. The lowest BCUT2D eigenvalue weighted by Gasteiger charge is -2.07. The molecular formula is C28H23N7O3. The van der Waals surface area contributed by atoms with Gasteiger partial charge in [0.15, 0.2) is 23.0 Å². The van der Waals surface area contributed by atoms with Crippen molar-refractivity contribution in [2.75, 3.05) is 6.79 Å². The first-order chi connectivity index (χ1) is 18.7. The fraction of sp³-hybridized carbons (Fsp3) is 0.179. The van der Waals surface area contributed by atoms with Gasteiger partial charge in [-0.2, -0.15) is 4.52 Å². The highest BCUT2D eigenvalue weighted by Crippen LogP contribution is 2.32. The fourth-order valence-electron chi connectivity index (χ4n) is 4.79. The first kappa shape index (κ1) is 22.2. The van der Waals surface area contributed by atoms with E-state index in [4.69, 9.17) is 19.6 Å². The molecule has 3 aromatic heterocycles. The molecule has 7 rings (SSSR count). The van der Waals surface area contributed by atoms with E-state index in [1.165, 1.54) is 0 Å². The molecule has 188 valence electrons. The Kier molecular flexibility index (Phi) is 5.35. The van der Waals surface area contributed by atoms with Crippen LogP contribution in [0, 0.1) is 0 Å². The molecule has 0 fully saturated rings. The lowest BCUT2D eigenvalue weighted by Crippen LogP contribution is -2.22. The lowest BCUT2D eigenvalue weighted by atomic mass is 10.2. The van der Waals surface area contributed by atoms with Gasteiger partial charge in [-0.1, -0.05) is 48.5 Å². The predicted octanol–water partition coefficient (Wildman–Crippen LogP) is 3.96. The third-order valence-corrected chi connectivity index (χ3v) is 6.66. The number of amides is 1. The summed E-state index contributed by atoms with van der Waals surface area (Å²) in [6, 6.07) is 23.6. The Balaban J connectivity index is 1.11. The van der Waals surface area contributed by atoms with Crippen molar-refractivity contribution in [2.24, 2.45) is 0 Å². The zero-order chi connectivity index (χ0) is 25.5. The van der Waals surface area contributed by atoms with Crippen molar-refractivity contribution < 1.29 is 14.3 Å². The van der Waals surface area contributed by atoms with Crippen LogP contribution in [0.4, 0.5) is 0 Å². The maximum atomic E-state index is 12.5. The van der Waals surface area contributed by atoms with Crippen molar-refractivity contribution in [1.29, 1.82) is 0 Å². The summed E-state index contributed by atoms with van der Waals surface area (Å²) in [5.41, 5.74) is 3.58. The van der Waals surface area contributed by atoms with E-state index in [1.807, 2.05) is 77.2 Å². The van der Waals surface area contributed by atoms with Gasteiger partial charge in [-0.05, 0) is 36.2 Å². The molecule has 1 amide bonds. The number of aromatic nitrogens is 6. The second-order valence-corrected chi connectivity index (χ2v) is 9.12. The Hall–Kier alpha value is -4.99. The molecule has 0 bridgehead atoms. The highest BCUT2D eigenvalue weighted by molar-refractivity contribution is 5.94. The van der Waals surface area contributed by atoms with Crippen molar-refractivity contribution in [3.8, 4) is 22.9 Å². The molecule has 1 aliphatic heterocycles. The number of benzene rings is 3. The summed E-state index contributed by atoms with van der Waals surface area (Å²) in [7, 11) is 0. The molecule has 10 heteroatoms. The van der Waals surface area contributed by atoms with Gasteiger partial charge in [-0.25, -0.2) is 4.98 Å². The summed E-state index contributed by atoms with van der Waals surface area (Å²) >= 11 is 0. The number of aryl methyl sites for hydroxylation is 1. The Labute approximate surface area is 216 Å². The van der Waals surface area contributed by atoms with E-state index in [1.54, 1.807) is 4.52 Å². The maximum Gasteiger partial charge on any atom is 0.258 e. The van der Waals surface area contributed by atoms with Crippen LogP contribution in [0.15, 0.2) is 72.8 Å². The number of nitrogens with zero attached hydrogens (tertiary/aromatic N) is 6. The average Bonchev–Trinajstić information content (AvgIpc) is 3.71. The molecule has 1 aliphatic rings. The van der Waals surface area contributed by atoms with E-state index < -0.39 is 0 Å². The second kappa shape index (κ2) is 9.15. The van der Waals surface area contributed by atoms with E-state index in [9.17, 15) is 4.79 Å². The third kappa shape index (κ3) is 3.86. The van der Waals surface area contributed by atoms with Gasteiger partial charge in [0.2, 0.25) is 12.7 Å². The van der Waals surface area contributed by atoms with Crippen LogP contribution in [-0.4, -0.2) is 41.9 Å². The zero-order valence-corrected chi connectivity index (χ0v) is 20.4. The van der Waals surface area contributed by atoms with Gasteiger partial charge in [0.05, 0.1) is 5.52 Å². The topological polar surface area (TPSA) is 108 Å². The molecule has 0 radical (unpaired) electrons. The number of fused-ring (bicyclic) bond motifs is 7. The van der Waals surface area contributed by atoms with Crippen molar-refractivity contribution in [2.45, 2.75) is 25.8 Å². The summed E-state index contributed by atoms with van der Waals surface area (Å²) in [5, 5.41) is 17.6. The molecule has 4 heterocycles. The van der Waals surface area contributed by atoms with Gasteiger partial charge >= 0.3 is 0 Å². The summed E-state index contributed by atoms with van der Waals surface area (Å²) in [4.78, 5) is 17.4. The van der Waals surface area contributed by atoms with E-state index in [0.29, 0.717) is 43.2 Å². The maximum absolute atomic E-state index is 12.5. The van der Waals surface area contributed by atoms with Gasteiger partial charge in [0.25, 0.3) is 5.78 Å². The summed E-state index contributed by atoms with van der Waals surface area (Å²) < 4.78 is 14.5. The van der Waals surface area contributed by atoms with Crippen LogP contribution in [0.2, 0.25) is 0 Å². The number of nitrogens with one attached hydrogen (secondary N) is 1. The largest absolute Gasteiger partial charge is 0.454 e. The molecule has 0 spiro atoms. The summed E-state index contributed by atoms with van der Waals surface area (Å²) in [6.07, 6.45) is 1.60. The number of hydrogen-bond donors (Lipinski definition) is 1. The first-order valence-electron chi connectivity index (χ1n) is 12.5. The van der Waals surface area contributed by atoms with Gasteiger partial charge in [0.1, 0.15) is 5.82 Å². The SMILES string of the molecule is O=C(CCCc1nnc2n3nc(-c4ccccc4)nc3c3ccccc3n12)NCc1ccc2c(c1)OCO2. The molecule has 10 nitrogen and oxygen atoms in total. The third-order valence-electron chi connectivity index (χ3n) is 6.66. The van der Waals surface area contributed by atoms with Gasteiger partial charge in [0, 0.05) is 30.3 Å². The molecule has 3 aromatic carbocycles. The zero-order valence-electron chi connectivity index (χ0n) is 20.4. The van der Waals surface area contributed by atoms with Crippen LogP contribution < -0.4 is 14.8 Å². The van der Waals surface area contributed by atoms with Crippen LogP contribution in [0.1, 0.15) is 24.2 Å². The smallest absolute Gasteiger partial charge is 0.258 e. The molecule has 0 saturated heterocycles. The Morgan fingerprint density at radius 2 is 1.79 bits per heavy atom. The van der Waals surface area contributed by atoms with E-state index in [0.717, 1.165) is 39.3 Å². The Morgan fingerprint density at radius 1 is 0.947 bits per heavy atom. The molecule has 0 saturated carbocycles. The molecule has 6 aromatic rings. The monoisotopic (exact) mass is 505 g/mol. The average molecular weight is 506 g/mol. The van der Waals surface area contributed by atoms with Gasteiger partial charge in [-0.3, -0.25) is 9.20 Å². The Bertz CT molecular complexity index is 1810. The first-order valence-corrected chi connectivity index (χ1v) is 12.5. The van der Waals surface area contributed by atoms with Crippen molar-refractivity contribution in [3.05, 3.63) is 84.2 Å². The normalized spacial score (nSPS) is 12.5. The van der Waals surface area contributed by atoms with E-state index >= 15 is 0 Å². The Morgan fingerprint density at radius 3 is 2.71 bits per heavy atom. The number of ether oxygens (including phenoxy) is 2. The second-order valence-electron chi connectivity index (χ2n) is 9.12. The van der Waals surface area contributed by atoms with Gasteiger partial charge < -0.3 is 14.8 Å². The quantitative estimate of drug-likeness (QED) is 0.350. The van der Waals surface area contributed by atoms with Crippen LogP contribution in [0.25, 0.3) is 33.7 Å². The number of rotatable bonds is 7. The van der Waals surface area contributed by atoms with E-state index in [2.05, 4.69) is 15.5 Å². The van der Waals surface area contributed by atoms with Crippen molar-refractivity contribution in [1.82, 2.24) is 34.5 Å². The standard InChI is InChI=1S/C28H23N7O3/c36-25(29-16-18-13-14-22-23(15-18)38-17-37-22)12-6-11-24-31-32-28-34(24)21-10-5-4-9-20(21)27-30-26(33-35(27)28)19-7-2-1-3-8-19/h1-5,7-10,13-15H,6,11-12,16-17H2,(H,29,36). The number of hydrogen-bond acceptors (Lipinski definition) is 7. The fourth-order valence-corrected chi connectivity index (χ4v) is 4.79. The highest BCUT2D eigenvalue weighted by atomic mass is 16.7. The van der Waals surface area contributed by atoms with Crippen LogP contribution in [0.5, 0.6) is 11.5 Å². The van der Waals surface area contributed by atoms with Gasteiger partial charge in [-0.15, -0.1) is 15.3 Å². The van der Waals surface area contributed by atoms with Crippen LogP contribution in [-0.2, 0) is 17.8 Å². The number of para-hydroxylation sites is 1. The van der Waals surface area contributed by atoms with Crippen LogP contribution in [0.3, 0.4) is 0 Å². The minimum Gasteiger partial charge on any atom is -0.454 e. The van der Waals surface area contributed by atoms with Crippen molar-refractivity contribution in [3.63, 3.8) is 0 Å². The number of carbonyl (C=O) groups excluding carboxylic acids is 1. The lowest BCUT2D eigenvalue weighted by molar-refractivity contribution is -0.121. The molecule has 0 aliphatic carbocycles. The van der Waals surface area contributed by atoms with Crippen LogP contribution >= 0.6 is 0 Å². The minimum atomic E-state index is -0.0208. The minimum absolute atomic E-state index is 0.0208. The van der Waals surface area contributed by atoms with Crippen molar-refractivity contribution >= 4 is 28.2 Å². The summed E-state index contributed by atoms with van der Waals surface area (Å²) in [5.74, 6) is 3.42. The molecule has 0 atom stereocenters. The predicted molar refractivity (Wildman–Crippen MR) is 140 cm³/mol.